The number of esters is 1. The first-order valence-electron chi connectivity index (χ1n) is 9.98. The van der Waals surface area contributed by atoms with Gasteiger partial charge in [0.05, 0.1) is 11.1 Å². The number of ether oxygens (including phenoxy) is 1. The molecule has 2 aromatic carbocycles. The summed E-state index contributed by atoms with van der Waals surface area (Å²) in [6.45, 7) is 6.63. The zero-order chi connectivity index (χ0) is 23.5. The zero-order valence-corrected chi connectivity index (χ0v) is 18.2. The van der Waals surface area contributed by atoms with Crippen LogP contribution in [0.1, 0.15) is 38.2 Å². The Morgan fingerprint density at radius 1 is 0.969 bits per heavy atom. The Labute approximate surface area is 184 Å². The summed E-state index contributed by atoms with van der Waals surface area (Å²) in [6.07, 6.45) is -1.27. The van der Waals surface area contributed by atoms with Crippen molar-refractivity contribution >= 4 is 28.7 Å². The first-order valence-corrected chi connectivity index (χ1v) is 9.98. The Balaban J connectivity index is 1.89. The highest BCUT2D eigenvalue weighted by molar-refractivity contribution is 6.04. The number of imide groups is 1. The Morgan fingerprint density at radius 2 is 1.56 bits per heavy atom. The van der Waals surface area contributed by atoms with Crippen molar-refractivity contribution in [3.8, 4) is 5.69 Å². The number of nitrogens with zero attached hydrogens (tertiary/aromatic N) is 2. The molecule has 1 unspecified atom stereocenters. The summed E-state index contributed by atoms with van der Waals surface area (Å²) in [5.74, 6) is -1.69. The van der Waals surface area contributed by atoms with Crippen LogP contribution in [-0.2, 0) is 9.53 Å². The fourth-order valence-electron chi connectivity index (χ4n) is 2.94. The number of hydrogen-bond acceptors (Lipinski definition) is 6. The van der Waals surface area contributed by atoms with E-state index in [-0.39, 0.29) is 11.1 Å². The van der Waals surface area contributed by atoms with Crippen molar-refractivity contribution in [3.05, 3.63) is 70.6 Å². The predicted octanol–water partition coefficient (Wildman–Crippen LogP) is 2.56. The Hall–Kier alpha value is -4.01. The smallest absolute Gasteiger partial charge is 0.360 e. The van der Waals surface area contributed by atoms with Crippen LogP contribution in [0.25, 0.3) is 16.5 Å². The van der Waals surface area contributed by atoms with Gasteiger partial charge < -0.3 is 10.1 Å². The van der Waals surface area contributed by atoms with Gasteiger partial charge in [-0.1, -0.05) is 36.4 Å². The fourth-order valence-corrected chi connectivity index (χ4v) is 2.94. The van der Waals surface area contributed by atoms with Crippen molar-refractivity contribution in [1.29, 1.82) is 0 Å². The summed E-state index contributed by atoms with van der Waals surface area (Å²) in [5, 5.41) is 9.51. The highest BCUT2D eigenvalue weighted by atomic mass is 16.5. The minimum absolute atomic E-state index is 0.122. The van der Waals surface area contributed by atoms with Gasteiger partial charge in [0.15, 0.2) is 11.8 Å². The molecule has 0 saturated carbocycles. The van der Waals surface area contributed by atoms with Crippen LogP contribution in [0, 0.1) is 0 Å². The molecule has 9 heteroatoms. The molecular formula is C23H24N4O5. The molecule has 2 N–H and O–H groups in total. The summed E-state index contributed by atoms with van der Waals surface area (Å²) in [7, 11) is 0. The molecule has 3 aromatic rings. The SMILES string of the molecule is CC(OC(=O)c1nn(-c2ccccc2)c(=O)c2ccccc12)C(=O)NC(=O)NC(C)(C)C. The topological polar surface area (TPSA) is 119 Å². The van der Waals surface area contributed by atoms with E-state index in [1.54, 1.807) is 75.4 Å². The van der Waals surface area contributed by atoms with Crippen molar-refractivity contribution in [2.75, 3.05) is 0 Å². The molecule has 0 aliphatic carbocycles. The zero-order valence-electron chi connectivity index (χ0n) is 18.2. The van der Waals surface area contributed by atoms with Crippen LogP contribution in [0.2, 0.25) is 0 Å². The number of amides is 3. The molecule has 3 amide bonds. The van der Waals surface area contributed by atoms with Gasteiger partial charge in [0.1, 0.15) is 0 Å². The molecule has 0 bridgehead atoms. The maximum Gasteiger partial charge on any atom is 0.360 e. The highest BCUT2D eigenvalue weighted by Crippen LogP contribution is 2.16. The van der Waals surface area contributed by atoms with E-state index in [4.69, 9.17) is 4.74 Å². The average molecular weight is 436 g/mol. The Bertz CT molecular complexity index is 1230. The third-order valence-electron chi connectivity index (χ3n) is 4.38. The highest BCUT2D eigenvalue weighted by Gasteiger charge is 2.25. The number of nitrogens with one attached hydrogen (secondary N) is 2. The third-order valence-corrected chi connectivity index (χ3v) is 4.38. The molecule has 0 aliphatic rings. The lowest BCUT2D eigenvalue weighted by Gasteiger charge is -2.21. The number of urea groups is 1. The number of carbonyl (C=O) groups is 3. The lowest BCUT2D eigenvalue weighted by atomic mass is 10.1. The summed E-state index contributed by atoms with van der Waals surface area (Å²) in [4.78, 5) is 50.0. The van der Waals surface area contributed by atoms with E-state index in [9.17, 15) is 19.2 Å². The molecule has 1 heterocycles. The lowest BCUT2D eigenvalue weighted by Crippen LogP contribution is -2.50. The Kier molecular flexibility index (Phi) is 6.38. The van der Waals surface area contributed by atoms with Crippen LogP contribution >= 0.6 is 0 Å². The summed E-state index contributed by atoms with van der Waals surface area (Å²) >= 11 is 0. The number of aromatic nitrogens is 2. The van der Waals surface area contributed by atoms with Crippen LogP contribution in [0.4, 0.5) is 4.79 Å². The molecule has 166 valence electrons. The number of hydrogen-bond donors (Lipinski definition) is 2. The van der Waals surface area contributed by atoms with Gasteiger partial charge in [0.25, 0.3) is 11.5 Å². The molecule has 1 atom stereocenters. The molecule has 3 rings (SSSR count). The van der Waals surface area contributed by atoms with E-state index in [1.165, 1.54) is 6.92 Å². The largest absolute Gasteiger partial charge is 0.448 e. The molecular weight excluding hydrogens is 412 g/mol. The fraction of sp³-hybridized carbons (Fsp3) is 0.261. The minimum atomic E-state index is -1.27. The summed E-state index contributed by atoms with van der Waals surface area (Å²) in [6, 6.07) is 14.5. The van der Waals surface area contributed by atoms with E-state index in [1.807, 2.05) is 0 Å². The van der Waals surface area contributed by atoms with Gasteiger partial charge in [-0.05, 0) is 45.9 Å². The third kappa shape index (κ3) is 5.18. The van der Waals surface area contributed by atoms with E-state index in [2.05, 4.69) is 15.7 Å². The quantitative estimate of drug-likeness (QED) is 0.607. The number of carbonyl (C=O) groups excluding carboxylic acids is 3. The van der Waals surface area contributed by atoms with Gasteiger partial charge in [0.2, 0.25) is 0 Å². The van der Waals surface area contributed by atoms with Crippen LogP contribution in [0.15, 0.2) is 59.4 Å². The molecule has 9 nitrogen and oxygen atoms in total. The molecule has 1 aromatic heterocycles. The normalized spacial score (nSPS) is 12.1. The van der Waals surface area contributed by atoms with Gasteiger partial charge in [-0.25, -0.2) is 9.59 Å². The van der Waals surface area contributed by atoms with Gasteiger partial charge >= 0.3 is 12.0 Å². The summed E-state index contributed by atoms with van der Waals surface area (Å²) < 4.78 is 6.37. The van der Waals surface area contributed by atoms with Gasteiger partial charge in [0, 0.05) is 10.9 Å². The first-order chi connectivity index (χ1) is 15.1. The van der Waals surface area contributed by atoms with Gasteiger partial charge in [-0.2, -0.15) is 9.78 Å². The maximum atomic E-state index is 12.9. The maximum absolute atomic E-state index is 12.9. The summed E-state index contributed by atoms with van der Waals surface area (Å²) in [5.41, 5.74) is -0.587. The Morgan fingerprint density at radius 3 is 2.19 bits per heavy atom. The van der Waals surface area contributed by atoms with Crippen LogP contribution in [0.3, 0.4) is 0 Å². The van der Waals surface area contributed by atoms with E-state index in [0.717, 1.165) is 4.68 Å². The van der Waals surface area contributed by atoms with Crippen molar-refractivity contribution in [2.45, 2.75) is 39.3 Å². The van der Waals surface area contributed by atoms with E-state index >= 15 is 0 Å². The van der Waals surface area contributed by atoms with Gasteiger partial charge in [-0.3, -0.25) is 14.9 Å². The minimum Gasteiger partial charge on any atom is -0.448 e. The monoisotopic (exact) mass is 436 g/mol. The standard InChI is InChI=1S/C23H24N4O5/c1-14(19(28)24-22(31)25-23(2,3)4)32-21(30)18-16-12-8-9-13-17(16)20(29)27(26-18)15-10-6-5-7-11-15/h5-14H,1-4H3,(H2,24,25,28,31). The van der Waals surface area contributed by atoms with E-state index < -0.39 is 35.1 Å². The average Bonchev–Trinajstić information content (AvgIpc) is 2.73. The van der Waals surface area contributed by atoms with Crippen molar-refractivity contribution in [3.63, 3.8) is 0 Å². The van der Waals surface area contributed by atoms with Crippen molar-refractivity contribution < 1.29 is 19.1 Å². The second-order valence-corrected chi connectivity index (χ2v) is 8.19. The van der Waals surface area contributed by atoms with Crippen molar-refractivity contribution in [2.24, 2.45) is 0 Å². The number of para-hydroxylation sites is 1. The lowest BCUT2D eigenvalue weighted by molar-refractivity contribution is -0.127. The number of rotatable bonds is 4. The van der Waals surface area contributed by atoms with E-state index in [0.29, 0.717) is 11.1 Å². The first kappa shape index (κ1) is 22.7. The second-order valence-electron chi connectivity index (χ2n) is 8.19. The van der Waals surface area contributed by atoms with Crippen LogP contribution in [0.5, 0.6) is 0 Å². The van der Waals surface area contributed by atoms with Crippen molar-refractivity contribution in [1.82, 2.24) is 20.4 Å². The molecule has 0 radical (unpaired) electrons. The second kappa shape index (κ2) is 9.01. The van der Waals surface area contributed by atoms with Crippen LogP contribution < -0.4 is 16.2 Å². The molecule has 0 fully saturated rings. The predicted molar refractivity (Wildman–Crippen MR) is 119 cm³/mol. The number of benzene rings is 2. The van der Waals surface area contributed by atoms with Crippen LogP contribution in [-0.4, -0.2) is 39.3 Å². The molecule has 0 spiro atoms. The molecule has 0 aliphatic heterocycles. The molecule has 0 saturated heterocycles. The molecule has 32 heavy (non-hydrogen) atoms. The van der Waals surface area contributed by atoms with Gasteiger partial charge in [-0.15, -0.1) is 0 Å². The number of fused-ring (bicyclic) bond motifs is 1.